The topological polar surface area (TPSA) is 66.9 Å². The van der Waals surface area contributed by atoms with Crippen LogP contribution in [-0.2, 0) is 11.2 Å². The average molecular weight is 357 g/mol. The van der Waals surface area contributed by atoms with E-state index in [2.05, 4.69) is 20.8 Å². The van der Waals surface area contributed by atoms with Gasteiger partial charge in [-0.25, -0.2) is 4.39 Å². The van der Waals surface area contributed by atoms with Crippen LogP contribution in [0.25, 0.3) is 0 Å². The molecule has 0 unspecified atom stereocenters. The third-order valence-electron chi connectivity index (χ3n) is 3.28. The molecule has 0 saturated heterocycles. The second-order valence-electron chi connectivity index (χ2n) is 5.29. The Labute approximate surface area is 148 Å². The number of aromatic nitrogens is 2. The standard InChI is InChI=1S/C18H14ClFN4O/c19-13-4-2-6-15(11-13)21-16-7-8-17(24-23-16)22-18(25)10-12-3-1-5-14(20)9-12/h1-9,11H,10H2,(H,21,23)(H,22,24,25). The third kappa shape index (κ3) is 4.99. The maximum Gasteiger partial charge on any atom is 0.229 e. The van der Waals surface area contributed by atoms with Crippen LogP contribution in [0.5, 0.6) is 0 Å². The number of hydrogen-bond acceptors (Lipinski definition) is 4. The molecule has 5 nitrogen and oxygen atoms in total. The van der Waals surface area contributed by atoms with Crippen molar-refractivity contribution < 1.29 is 9.18 Å². The molecular weight excluding hydrogens is 343 g/mol. The summed E-state index contributed by atoms with van der Waals surface area (Å²) >= 11 is 5.92. The third-order valence-corrected chi connectivity index (χ3v) is 3.52. The van der Waals surface area contributed by atoms with Gasteiger partial charge in [-0.15, -0.1) is 10.2 Å². The number of anilines is 3. The lowest BCUT2D eigenvalue weighted by Gasteiger charge is -2.07. The normalized spacial score (nSPS) is 10.3. The van der Waals surface area contributed by atoms with Gasteiger partial charge in [-0.2, -0.15) is 0 Å². The van der Waals surface area contributed by atoms with Crippen LogP contribution >= 0.6 is 11.6 Å². The van der Waals surface area contributed by atoms with Crippen LogP contribution < -0.4 is 10.6 Å². The molecule has 2 N–H and O–H groups in total. The van der Waals surface area contributed by atoms with Crippen molar-refractivity contribution in [1.29, 1.82) is 0 Å². The minimum Gasteiger partial charge on any atom is -0.339 e. The van der Waals surface area contributed by atoms with Crippen LogP contribution in [0.3, 0.4) is 0 Å². The molecular formula is C18H14ClFN4O. The van der Waals surface area contributed by atoms with E-state index in [1.54, 1.807) is 36.4 Å². The molecule has 0 radical (unpaired) electrons. The molecule has 0 aliphatic carbocycles. The summed E-state index contributed by atoms with van der Waals surface area (Å²) in [6.07, 6.45) is 0.0575. The number of rotatable bonds is 5. The van der Waals surface area contributed by atoms with Crippen molar-refractivity contribution in [1.82, 2.24) is 10.2 Å². The summed E-state index contributed by atoms with van der Waals surface area (Å²) in [5.41, 5.74) is 1.37. The average Bonchev–Trinajstić information content (AvgIpc) is 2.57. The smallest absolute Gasteiger partial charge is 0.229 e. The van der Waals surface area contributed by atoms with Crippen molar-refractivity contribution in [3.8, 4) is 0 Å². The predicted molar refractivity (Wildman–Crippen MR) is 95.5 cm³/mol. The van der Waals surface area contributed by atoms with Gasteiger partial charge in [0.1, 0.15) is 5.82 Å². The highest BCUT2D eigenvalue weighted by atomic mass is 35.5. The Bertz CT molecular complexity index is 886. The van der Waals surface area contributed by atoms with Gasteiger partial charge in [-0.1, -0.05) is 29.8 Å². The summed E-state index contributed by atoms with van der Waals surface area (Å²) in [5, 5.41) is 14.2. The fraction of sp³-hybridized carbons (Fsp3) is 0.0556. The van der Waals surface area contributed by atoms with E-state index in [0.29, 0.717) is 22.2 Å². The molecule has 0 atom stereocenters. The lowest BCUT2D eigenvalue weighted by molar-refractivity contribution is -0.115. The van der Waals surface area contributed by atoms with Crippen molar-refractivity contribution in [2.45, 2.75) is 6.42 Å². The predicted octanol–water partition coefficient (Wildman–Crippen LogP) is 4.19. The zero-order chi connectivity index (χ0) is 17.6. The molecule has 3 aromatic rings. The molecule has 1 heterocycles. The summed E-state index contributed by atoms with van der Waals surface area (Å²) in [7, 11) is 0. The molecule has 2 aromatic carbocycles. The second kappa shape index (κ2) is 7.72. The van der Waals surface area contributed by atoms with E-state index < -0.39 is 0 Å². The van der Waals surface area contributed by atoms with Gasteiger partial charge in [-0.3, -0.25) is 4.79 Å². The van der Waals surface area contributed by atoms with E-state index in [-0.39, 0.29) is 18.1 Å². The fourth-order valence-electron chi connectivity index (χ4n) is 2.20. The first-order chi connectivity index (χ1) is 12.1. The highest BCUT2D eigenvalue weighted by molar-refractivity contribution is 6.30. The number of carbonyl (C=O) groups excluding carboxylic acids is 1. The molecule has 1 amide bonds. The van der Waals surface area contributed by atoms with Crippen LogP contribution in [0.1, 0.15) is 5.56 Å². The molecule has 0 fully saturated rings. The summed E-state index contributed by atoms with van der Waals surface area (Å²) in [6.45, 7) is 0. The van der Waals surface area contributed by atoms with Gasteiger partial charge in [0, 0.05) is 10.7 Å². The highest BCUT2D eigenvalue weighted by Gasteiger charge is 2.07. The molecule has 25 heavy (non-hydrogen) atoms. The molecule has 1 aromatic heterocycles. The minimum atomic E-state index is -0.374. The number of nitrogens with zero attached hydrogens (tertiary/aromatic N) is 2. The maximum absolute atomic E-state index is 13.1. The zero-order valence-electron chi connectivity index (χ0n) is 13.0. The Balaban J connectivity index is 1.59. The molecule has 0 spiro atoms. The molecule has 7 heteroatoms. The molecule has 0 saturated carbocycles. The van der Waals surface area contributed by atoms with Gasteiger partial charge >= 0.3 is 0 Å². The van der Waals surface area contributed by atoms with E-state index in [1.165, 1.54) is 12.1 Å². The molecule has 126 valence electrons. The number of halogens is 2. The lowest BCUT2D eigenvalue weighted by atomic mass is 10.1. The van der Waals surface area contributed by atoms with Crippen LogP contribution in [0.4, 0.5) is 21.7 Å². The van der Waals surface area contributed by atoms with Crippen LogP contribution in [-0.4, -0.2) is 16.1 Å². The van der Waals surface area contributed by atoms with Gasteiger partial charge in [0.25, 0.3) is 0 Å². The Morgan fingerprint density at radius 2 is 1.76 bits per heavy atom. The van der Waals surface area contributed by atoms with E-state index >= 15 is 0 Å². The van der Waals surface area contributed by atoms with E-state index in [9.17, 15) is 9.18 Å². The number of carbonyl (C=O) groups is 1. The zero-order valence-corrected chi connectivity index (χ0v) is 13.8. The summed E-state index contributed by atoms with van der Waals surface area (Å²) in [5.74, 6) is 0.167. The fourth-order valence-corrected chi connectivity index (χ4v) is 2.39. The highest BCUT2D eigenvalue weighted by Crippen LogP contribution is 2.19. The SMILES string of the molecule is O=C(Cc1cccc(F)c1)Nc1ccc(Nc2cccc(Cl)c2)nn1. The number of benzene rings is 2. The Hall–Kier alpha value is -2.99. The first-order valence-corrected chi connectivity index (χ1v) is 7.87. The van der Waals surface area contributed by atoms with Gasteiger partial charge in [0.15, 0.2) is 11.6 Å². The largest absolute Gasteiger partial charge is 0.339 e. The van der Waals surface area contributed by atoms with Crippen LogP contribution in [0, 0.1) is 5.82 Å². The molecule has 3 rings (SSSR count). The van der Waals surface area contributed by atoms with Crippen molar-refractivity contribution in [3.63, 3.8) is 0 Å². The first-order valence-electron chi connectivity index (χ1n) is 7.49. The Kier molecular flexibility index (Phi) is 5.20. The quantitative estimate of drug-likeness (QED) is 0.719. The van der Waals surface area contributed by atoms with Gasteiger partial charge in [0.05, 0.1) is 6.42 Å². The summed E-state index contributed by atoms with van der Waals surface area (Å²) in [4.78, 5) is 12.0. The number of nitrogens with one attached hydrogen (secondary N) is 2. The molecule has 0 aliphatic heterocycles. The molecule has 0 bridgehead atoms. The lowest BCUT2D eigenvalue weighted by Crippen LogP contribution is -2.15. The monoisotopic (exact) mass is 356 g/mol. The number of amides is 1. The van der Waals surface area contributed by atoms with Crippen molar-refractivity contribution >= 4 is 34.8 Å². The Morgan fingerprint density at radius 1 is 1.00 bits per heavy atom. The maximum atomic E-state index is 13.1. The van der Waals surface area contributed by atoms with Crippen molar-refractivity contribution in [3.05, 3.63) is 77.1 Å². The van der Waals surface area contributed by atoms with E-state index in [4.69, 9.17) is 11.6 Å². The summed E-state index contributed by atoms with van der Waals surface area (Å²) in [6, 6.07) is 16.4. The van der Waals surface area contributed by atoms with E-state index in [1.807, 2.05) is 12.1 Å². The van der Waals surface area contributed by atoms with Crippen LogP contribution in [0.2, 0.25) is 5.02 Å². The van der Waals surface area contributed by atoms with Gasteiger partial charge in [-0.05, 0) is 48.0 Å². The van der Waals surface area contributed by atoms with Gasteiger partial charge < -0.3 is 10.6 Å². The van der Waals surface area contributed by atoms with Crippen molar-refractivity contribution in [2.24, 2.45) is 0 Å². The van der Waals surface area contributed by atoms with Crippen molar-refractivity contribution in [2.75, 3.05) is 10.6 Å². The van der Waals surface area contributed by atoms with E-state index in [0.717, 1.165) is 5.69 Å². The number of hydrogen-bond donors (Lipinski definition) is 2. The molecule has 0 aliphatic rings. The van der Waals surface area contributed by atoms with Crippen LogP contribution in [0.15, 0.2) is 60.7 Å². The van der Waals surface area contributed by atoms with Gasteiger partial charge in [0.2, 0.25) is 5.91 Å². The minimum absolute atomic E-state index is 0.0575. The summed E-state index contributed by atoms with van der Waals surface area (Å²) < 4.78 is 13.1. The first kappa shape index (κ1) is 16.9. The second-order valence-corrected chi connectivity index (χ2v) is 5.73. The Morgan fingerprint density at radius 3 is 2.48 bits per heavy atom.